The highest BCUT2D eigenvalue weighted by Gasteiger charge is 2.17. The molecule has 12 heteroatoms. The molecule has 0 radical (unpaired) electrons. The van der Waals surface area contributed by atoms with E-state index in [1.807, 2.05) is 0 Å². The maximum absolute atomic E-state index is 12.2. The number of phenolic OH excluding ortho intramolecular Hbond substituents is 1. The number of carbonyl (C=O) groups excluding carboxylic acids is 3. The maximum Gasteiger partial charge on any atom is 0.306 e. The minimum Gasteiger partial charge on any atom is -0.506 e. The van der Waals surface area contributed by atoms with Crippen LogP contribution in [0.4, 0.5) is 5.69 Å². The van der Waals surface area contributed by atoms with E-state index in [0.29, 0.717) is 32.4 Å². The van der Waals surface area contributed by atoms with E-state index < -0.39 is 23.7 Å². The average Bonchev–Trinajstić information content (AvgIpc) is 2.78. The van der Waals surface area contributed by atoms with Crippen molar-refractivity contribution in [1.82, 2.24) is 10.6 Å². The van der Waals surface area contributed by atoms with Gasteiger partial charge in [0, 0.05) is 38.7 Å². The van der Waals surface area contributed by atoms with Gasteiger partial charge in [0.25, 0.3) is 5.91 Å². The van der Waals surface area contributed by atoms with Crippen LogP contribution >= 0.6 is 15.9 Å². The number of aromatic hydroxyl groups is 1. The van der Waals surface area contributed by atoms with Gasteiger partial charge < -0.3 is 36.6 Å². The van der Waals surface area contributed by atoms with Gasteiger partial charge in [-0.25, -0.2) is 0 Å². The summed E-state index contributed by atoms with van der Waals surface area (Å²) in [6.45, 7) is 2.45. The van der Waals surface area contributed by atoms with Crippen LogP contribution in [0.1, 0.15) is 31.7 Å². The van der Waals surface area contributed by atoms with E-state index in [0.717, 1.165) is 11.6 Å². The van der Waals surface area contributed by atoms with Crippen LogP contribution in [0.5, 0.6) is 5.75 Å². The molecule has 3 amide bonds. The van der Waals surface area contributed by atoms with E-state index in [1.165, 1.54) is 13.2 Å². The Kier molecular flexibility index (Phi) is 13.6. The molecular weight excluding hydrogens is 524 g/mol. The number of methoxy groups -OCH3 is 1. The Balaban J connectivity index is 2.47. The molecule has 0 heterocycles. The van der Waals surface area contributed by atoms with Gasteiger partial charge in [0.05, 0.1) is 22.7 Å². The largest absolute Gasteiger partial charge is 0.506 e. The Morgan fingerprint density at radius 3 is 2.57 bits per heavy atom. The van der Waals surface area contributed by atoms with Gasteiger partial charge in [-0.3, -0.25) is 19.2 Å². The number of carboxylic acid groups (broad SMARTS) is 1. The minimum atomic E-state index is -0.914. The molecule has 1 rings (SSSR count). The van der Waals surface area contributed by atoms with Crippen molar-refractivity contribution in [3.63, 3.8) is 0 Å². The molecule has 0 fully saturated rings. The van der Waals surface area contributed by atoms with Crippen molar-refractivity contribution in [2.24, 2.45) is 11.7 Å². The summed E-state index contributed by atoms with van der Waals surface area (Å²) in [7, 11) is 1.51. The van der Waals surface area contributed by atoms with Crippen LogP contribution in [0.3, 0.4) is 0 Å². The highest BCUT2D eigenvalue weighted by Crippen LogP contribution is 2.25. The molecule has 1 aromatic rings. The lowest BCUT2D eigenvalue weighted by molar-refractivity contribution is -0.141. The number of benzene rings is 1. The van der Waals surface area contributed by atoms with Crippen molar-refractivity contribution in [2.75, 3.05) is 32.1 Å². The molecule has 0 aliphatic rings. The van der Waals surface area contributed by atoms with E-state index >= 15 is 0 Å². The van der Waals surface area contributed by atoms with Crippen LogP contribution in [0.25, 0.3) is 0 Å². The number of hydrogen-bond acceptors (Lipinski definition) is 7. The summed E-state index contributed by atoms with van der Waals surface area (Å²) in [5.41, 5.74) is 7.00. The highest BCUT2D eigenvalue weighted by molar-refractivity contribution is 9.12. The summed E-state index contributed by atoms with van der Waals surface area (Å²) in [5.74, 6) is -2.89. The molecule has 0 bridgehead atoms. The zero-order chi connectivity index (χ0) is 26.4. The van der Waals surface area contributed by atoms with E-state index in [-0.39, 0.29) is 40.8 Å². The Labute approximate surface area is 212 Å². The van der Waals surface area contributed by atoms with E-state index in [1.54, 1.807) is 19.1 Å². The van der Waals surface area contributed by atoms with Gasteiger partial charge in [0.1, 0.15) is 5.75 Å². The fraction of sp³-hybridized carbons (Fsp3) is 0.478. The van der Waals surface area contributed by atoms with Crippen molar-refractivity contribution in [3.8, 4) is 5.75 Å². The molecule has 0 aliphatic carbocycles. The maximum atomic E-state index is 12.2. The number of nitrogens with one attached hydrogen (secondary N) is 3. The Hall–Kier alpha value is -2.96. The van der Waals surface area contributed by atoms with Gasteiger partial charge in [-0.2, -0.15) is 0 Å². The zero-order valence-electron chi connectivity index (χ0n) is 19.8. The second kappa shape index (κ2) is 15.8. The van der Waals surface area contributed by atoms with Crippen molar-refractivity contribution in [1.29, 1.82) is 0 Å². The molecule has 1 unspecified atom stereocenters. The zero-order valence-corrected chi connectivity index (χ0v) is 21.4. The molecule has 0 saturated carbocycles. The number of aliphatic carboxylic acids is 1. The number of rotatable bonds is 15. The van der Waals surface area contributed by atoms with Gasteiger partial charge in [-0.05, 0) is 52.9 Å². The first-order chi connectivity index (χ1) is 16.5. The van der Waals surface area contributed by atoms with Gasteiger partial charge >= 0.3 is 5.97 Å². The summed E-state index contributed by atoms with van der Waals surface area (Å²) < 4.78 is 4.89. The van der Waals surface area contributed by atoms with Crippen LogP contribution in [0, 0.1) is 5.92 Å². The quantitative estimate of drug-likeness (QED) is 0.106. The van der Waals surface area contributed by atoms with Crippen molar-refractivity contribution in [2.45, 2.75) is 38.6 Å². The highest BCUT2D eigenvalue weighted by atomic mass is 79.9. The van der Waals surface area contributed by atoms with Gasteiger partial charge in [0.15, 0.2) is 0 Å². The lowest BCUT2D eigenvalue weighted by Gasteiger charge is -2.15. The van der Waals surface area contributed by atoms with E-state index in [2.05, 4.69) is 31.9 Å². The van der Waals surface area contributed by atoms with Crippen LogP contribution in [-0.4, -0.2) is 66.8 Å². The molecule has 11 nitrogen and oxygen atoms in total. The molecule has 194 valence electrons. The second-order valence-corrected chi connectivity index (χ2v) is 8.83. The number of nitrogens with two attached hydrogens (primary N) is 1. The first-order valence-electron chi connectivity index (χ1n) is 11.1. The summed E-state index contributed by atoms with van der Waals surface area (Å²) in [5, 5.41) is 26.8. The molecule has 1 aromatic carbocycles. The summed E-state index contributed by atoms with van der Waals surface area (Å²) in [4.78, 5) is 46.9. The summed E-state index contributed by atoms with van der Waals surface area (Å²) >= 11 is 3.04. The lowest BCUT2D eigenvalue weighted by Crippen LogP contribution is -2.28. The number of amides is 3. The minimum absolute atomic E-state index is 0.0661. The van der Waals surface area contributed by atoms with E-state index in [4.69, 9.17) is 15.6 Å². The number of halogens is 1. The monoisotopic (exact) mass is 556 g/mol. The predicted octanol–water partition coefficient (Wildman–Crippen LogP) is 1.25. The van der Waals surface area contributed by atoms with Crippen LogP contribution in [0.15, 0.2) is 28.8 Å². The van der Waals surface area contributed by atoms with Gasteiger partial charge in [-0.1, -0.05) is 13.0 Å². The van der Waals surface area contributed by atoms with Crippen LogP contribution in [0.2, 0.25) is 0 Å². The normalized spacial score (nSPS) is 13.0. The number of anilines is 1. The molecular formula is C23H33BrN4O7. The third-order valence-electron chi connectivity index (χ3n) is 4.86. The number of carbonyl (C=O) groups is 4. The number of carboxylic acids is 1. The smallest absolute Gasteiger partial charge is 0.306 e. The third kappa shape index (κ3) is 12.3. The van der Waals surface area contributed by atoms with Crippen LogP contribution in [-0.2, 0) is 30.3 Å². The molecule has 2 atom stereocenters. The SMILES string of the molecule is COCCNC(=O)/C(Br)=C\C(=O)NCCCC(=O)Nc1cc(C[C@@H](N)CC(C)C(=O)O)ccc1O. The Morgan fingerprint density at radius 2 is 1.91 bits per heavy atom. The summed E-state index contributed by atoms with van der Waals surface area (Å²) in [6.07, 6.45) is 2.21. The first-order valence-corrected chi connectivity index (χ1v) is 11.8. The first kappa shape index (κ1) is 30.1. The molecule has 0 aliphatic heterocycles. The van der Waals surface area contributed by atoms with Crippen molar-refractivity contribution in [3.05, 3.63) is 34.3 Å². The number of ether oxygens (including phenoxy) is 1. The third-order valence-corrected chi connectivity index (χ3v) is 5.45. The molecule has 0 aromatic heterocycles. The Bertz CT molecular complexity index is 923. The number of hydrogen-bond donors (Lipinski definition) is 6. The number of phenols is 1. The second-order valence-electron chi connectivity index (χ2n) is 7.97. The van der Waals surface area contributed by atoms with Crippen molar-refractivity contribution >= 4 is 45.3 Å². The Morgan fingerprint density at radius 1 is 1.20 bits per heavy atom. The fourth-order valence-corrected chi connectivity index (χ4v) is 3.36. The van der Waals surface area contributed by atoms with Gasteiger partial charge in [0.2, 0.25) is 11.8 Å². The summed E-state index contributed by atoms with van der Waals surface area (Å²) in [6, 6.07) is 4.31. The van der Waals surface area contributed by atoms with Gasteiger partial charge in [-0.15, -0.1) is 0 Å². The fourth-order valence-electron chi connectivity index (χ4n) is 3.01. The van der Waals surface area contributed by atoms with Crippen molar-refractivity contribution < 1.29 is 34.1 Å². The van der Waals surface area contributed by atoms with Crippen LogP contribution < -0.4 is 21.7 Å². The molecule has 0 saturated heterocycles. The lowest BCUT2D eigenvalue weighted by atomic mass is 9.96. The average molecular weight is 557 g/mol. The molecule has 7 N–H and O–H groups in total. The standard InChI is InChI=1S/C23H33BrN4O7/c1-14(23(33)34)10-16(25)11-15-5-6-19(29)18(12-15)28-20(30)4-3-7-26-21(31)13-17(24)22(32)27-8-9-35-2/h5-6,12-14,16,29H,3-4,7-11,25H2,1-2H3,(H,26,31)(H,27,32)(H,28,30)(H,33,34)/b17-13+/t14?,16-/m0/s1. The molecule has 0 spiro atoms. The topological polar surface area (TPSA) is 180 Å². The predicted molar refractivity (Wildman–Crippen MR) is 134 cm³/mol. The van der Waals surface area contributed by atoms with E-state index in [9.17, 15) is 24.3 Å². The molecule has 35 heavy (non-hydrogen) atoms.